The molecule has 98 valence electrons. The van der Waals surface area contributed by atoms with Gasteiger partial charge in [0.25, 0.3) is 0 Å². The first-order valence-corrected chi connectivity index (χ1v) is 6.65. The largest absolute Gasteiger partial charge is 0.379 e. The zero-order valence-electron chi connectivity index (χ0n) is 10.4. The monoisotopic (exact) mass is 241 g/mol. The Morgan fingerprint density at radius 3 is 3.06 bits per heavy atom. The van der Waals surface area contributed by atoms with Gasteiger partial charge in [0.05, 0.1) is 13.2 Å². The van der Waals surface area contributed by atoms with Crippen LogP contribution in [0.3, 0.4) is 0 Å². The van der Waals surface area contributed by atoms with Crippen molar-refractivity contribution in [1.29, 1.82) is 0 Å². The fourth-order valence-corrected chi connectivity index (χ4v) is 2.40. The highest BCUT2D eigenvalue weighted by Gasteiger charge is 2.17. The number of morpholine rings is 1. The molecule has 1 atom stereocenters. The summed E-state index contributed by atoms with van der Waals surface area (Å²) in [4.78, 5) is 13.8. The fourth-order valence-electron chi connectivity index (χ4n) is 2.40. The Kier molecular flexibility index (Phi) is 5.22. The Hall–Kier alpha value is -0.650. The van der Waals surface area contributed by atoms with E-state index in [4.69, 9.17) is 4.74 Å². The van der Waals surface area contributed by atoms with Crippen LogP contribution in [0.4, 0.5) is 0 Å². The third kappa shape index (κ3) is 4.61. The van der Waals surface area contributed by atoms with E-state index in [2.05, 4.69) is 15.5 Å². The number of hydrogen-bond donors (Lipinski definition) is 2. The molecule has 5 nitrogen and oxygen atoms in total. The molecule has 2 rings (SSSR count). The summed E-state index contributed by atoms with van der Waals surface area (Å²) >= 11 is 0. The lowest BCUT2D eigenvalue weighted by Crippen LogP contribution is -2.42. The van der Waals surface area contributed by atoms with Gasteiger partial charge < -0.3 is 15.4 Å². The molecule has 0 aromatic carbocycles. The van der Waals surface area contributed by atoms with E-state index in [9.17, 15) is 4.79 Å². The molecule has 2 fully saturated rings. The van der Waals surface area contributed by atoms with E-state index in [1.54, 1.807) is 0 Å². The SMILES string of the molecule is O=C1CC(NCCN2CCOCC2)CCCN1. The number of hydrogen-bond acceptors (Lipinski definition) is 4. The molecule has 0 saturated carbocycles. The van der Waals surface area contributed by atoms with Crippen molar-refractivity contribution in [2.75, 3.05) is 45.9 Å². The molecule has 2 saturated heterocycles. The van der Waals surface area contributed by atoms with Crippen LogP contribution in [0.1, 0.15) is 19.3 Å². The number of amides is 1. The van der Waals surface area contributed by atoms with Gasteiger partial charge in [-0.25, -0.2) is 0 Å². The predicted octanol–water partition coefficient (Wildman–Crippen LogP) is -0.423. The first-order chi connectivity index (χ1) is 8.34. The Balaban J connectivity index is 1.61. The third-order valence-electron chi connectivity index (χ3n) is 3.45. The van der Waals surface area contributed by atoms with Crippen molar-refractivity contribution < 1.29 is 9.53 Å². The van der Waals surface area contributed by atoms with Gasteiger partial charge in [0.15, 0.2) is 0 Å². The molecule has 2 aliphatic rings. The molecule has 2 heterocycles. The van der Waals surface area contributed by atoms with Gasteiger partial charge in [-0.2, -0.15) is 0 Å². The quantitative estimate of drug-likeness (QED) is 0.702. The third-order valence-corrected chi connectivity index (χ3v) is 3.45. The number of carbonyl (C=O) groups is 1. The van der Waals surface area contributed by atoms with Crippen LogP contribution in [-0.4, -0.2) is 62.8 Å². The van der Waals surface area contributed by atoms with Crippen LogP contribution in [0, 0.1) is 0 Å². The van der Waals surface area contributed by atoms with E-state index >= 15 is 0 Å². The van der Waals surface area contributed by atoms with Crippen molar-refractivity contribution in [3.05, 3.63) is 0 Å². The first-order valence-electron chi connectivity index (χ1n) is 6.65. The van der Waals surface area contributed by atoms with Crippen LogP contribution in [0.2, 0.25) is 0 Å². The summed E-state index contributed by atoms with van der Waals surface area (Å²) in [7, 11) is 0. The Morgan fingerprint density at radius 1 is 1.41 bits per heavy atom. The molecule has 1 amide bonds. The maximum Gasteiger partial charge on any atom is 0.221 e. The van der Waals surface area contributed by atoms with E-state index in [0.29, 0.717) is 12.5 Å². The second-order valence-corrected chi connectivity index (χ2v) is 4.80. The summed E-state index contributed by atoms with van der Waals surface area (Å²) in [5, 5.41) is 6.40. The summed E-state index contributed by atoms with van der Waals surface area (Å²) in [6.07, 6.45) is 2.81. The lowest BCUT2D eigenvalue weighted by molar-refractivity contribution is -0.121. The van der Waals surface area contributed by atoms with Gasteiger partial charge >= 0.3 is 0 Å². The summed E-state index contributed by atoms with van der Waals surface area (Å²) < 4.78 is 5.31. The molecule has 17 heavy (non-hydrogen) atoms. The number of nitrogens with one attached hydrogen (secondary N) is 2. The molecule has 0 radical (unpaired) electrons. The standard InChI is InChI=1S/C12H23N3O2/c16-12-10-11(2-1-3-14-12)13-4-5-15-6-8-17-9-7-15/h11,13H,1-10H2,(H,14,16). The van der Waals surface area contributed by atoms with Crippen molar-refractivity contribution in [2.45, 2.75) is 25.3 Å². The molecule has 0 aromatic heterocycles. The van der Waals surface area contributed by atoms with Gasteiger partial charge in [-0.05, 0) is 12.8 Å². The molecule has 0 bridgehead atoms. The molecule has 0 spiro atoms. The predicted molar refractivity (Wildman–Crippen MR) is 65.9 cm³/mol. The van der Waals surface area contributed by atoms with E-state index < -0.39 is 0 Å². The van der Waals surface area contributed by atoms with Crippen molar-refractivity contribution in [3.8, 4) is 0 Å². The molecule has 2 aliphatic heterocycles. The smallest absolute Gasteiger partial charge is 0.221 e. The molecule has 0 aliphatic carbocycles. The molecular formula is C12H23N3O2. The normalized spacial score (nSPS) is 27.5. The summed E-state index contributed by atoms with van der Waals surface area (Å²) in [5.41, 5.74) is 0. The van der Waals surface area contributed by atoms with Crippen molar-refractivity contribution >= 4 is 5.91 Å². The van der Waals surface area contributed by atoms with Crippen molar-refractivity contribution in [2.24, 2.45) is 0 Å². The summed E-state index contributed by atoms with van der Waals surface area (Å²) in [6, 6.07) is 0.360. The van der Waals surface area contributed by atoms with Crippen molar-refractivity contribution in [1.82, 2.24) is 15.5 Å². The summed E-state index contributed by atoms with van der Waals surface area (Å²) in [5.74, 6) is 0.186. The lowest BCUT2D eigenvalue weighted by atomic mass is 10.1. The van der Waals surface area contributed by atoms with E-state index in [0.717, 1.165) is 58.8 Å². The molecule has 1 unspecified atom stereocenters. The number of nitrogens with zero attached hydrogens (tertiary/aromatic N) is 1. The van der Waals surface area contributed by atoms with Gasteiger partial charge in [0, 0.05) is 45.2 Å². The Labute approximate surface area is 103 Å². The first kappa shape index (κ1) is 12.8. The van der Waals surface area contributed by atoms with Crippen molar-refractivity contribution in [3.63, 3.8) is 0 Å². The van der Waals surface area contributed by atoms with Crippen LogP contribution < -0.4 is 10.6 Å². The summed E-state index contributed by atoms with van der Waals surface area (Å²) in [6.45, 7) is 6.64. The minimum atomic E-state index is 0.186. The maximum atomic E-state index is 11.4. The lowest BCUT2D eigenvalue weighted by Gasteiger charge is -2.27. The van der Waals surface area contributed by atoms with Gasteiger partial charge in [0.2, 0.25) is 5.91 Å². The topological polar surface area (TPSA) is 53.6 Å². The van der Waals surface area contributed by atoms with Gasteiger partial charge in [0.1, 0.15) is 0 Å². The van der Waals surface area contributed by atoms with E-state index in [-0.39, 0.29) is 5.91 Å². The second-order valence-electron chi connectivity index (χ2n) is 4.80. The minimum absolute atomic E-state index is 0.186. The fraction of sp³-hybridized carbons (Fsp3) is 0.917. The zero-order valence-corrected chi connectivity index (χ0v) is 10.4. The second kappa shape index (κ2) is 6.93. The number of ether oxygens (including phenoxy) is 1. The number of rotatable bonds is 4. The molecule has 0 aromatic rings. The van der Waals surface area contributed by atoms with Gasteiger partial charge in [-0.3, -0.25) is 9.69 Å². The minimum Gasteiger partial charge on any atom is -0.379 e. The molecule has 5 heteroatoms. The van der Waals surface area contributed by atoms with Crippen LogP contribution in [0.25, 0.3) is 0 Å². The van der Waals surface area contributed by atoms with E-state index in [1.807, 2.05) is 0 Å². The average molecular weight is 241 g/mol. The van der Waals surface area contributed by atoms with Gasteiger partial charge in [-0.1, -0.05) is 0 Å². The Bertz CT molecular complexity index is 242. The van der Waals surface area contributed by atoms with Crippen LogP contribution in [0.15, 0.2) is 0 Å². The van der Waals surface area contributed by atoms with E-state index in [1.165, 1.54) is 0 Å². The highest BCUT2D eigenvalue weighted by molar-refractivity contribution is 5.76. The maximum absolute atomic E-state index is 11.4. The van der Waals surface area contributed by atoms with Crippen LogP contribution >= 0.6 is 0 Å². The Morgan fingerprint density at radius 2 is 2.24 bits per heavy atom. The molecule has 2 N–H and O–H groups in total. The van der Waals surface area contributed by atoms with Gasteiger partial charge in [-0.15, -0.1) is 0 Å². The average Bonchev–Trinajstić information content (AvgIpc) is 2.55. The van der Waals surface area contributed by atoms with Crippen LogP contribution in [-0.2, 0) is 9.53 Å². The number of carbonyl (C=O) groups excluding carboxylic acids is 1. The highest BCUT2D eigenvalue weighted by Crippen LogP contribution is 2.05. The zero-order chi connectivity index (χ0) is 11.9. The molecular weight excluding hydrogens is 218 g/mol. The van der Waals surface area contributed by atoms with Crippen LogP contribution in [0.5, 0.6) is 0 Å². The highest BCUT2D eigenvalue weighted by atomic mass is 16.5.